The van der Waals surface area contributed by atoms with Crippen LogP contribution >= 0.6 is 0 Å². The molecule has 4 aliphatic rings. The zero-order valence-corrected chi connectivity index (χ0v) is 14.8. The topological polar surface area (TPSA) is 38.8 Å². The maximum atomic E-state index is 11.8. The summed E-state index contributed by atoms with van der Waals surface area (Å²) in [4.78, 5) is 11.8. The number of cyclic esters (lactones) is 1. The summed E-state index contributed by atoms with van der Waals surface area (Å²) in [6.07, 6.45) is 10.4. The first-order chi connectivity index (χ1) is 10.9. The molecule has 4 rings (SSSR count). The molecule has 3 nitrogen and oxygen atoms in total. The summed E-state index contributed by atoms with van der Waals surface area (Å²) in [6, 6.07) is 0. The summed E-state index contributed by atoms with van der Waals surface area (Å²) < 4.78 is 11.1. The van der Waals surface area contributed by atoms with Gasteiger partial charge in [-0.25, -0.2) is 4.79 Å². The third-order valence-electron chi connectivity index (χ3n) is 7.55. The first-order valence-electron chi connectivity index (χ1n) is 9.38. The largest absolute Gasteiger partial charge is 0.462 e. The Labute approximate surface area is 139 Å². The summed E-state index contributed by atoms with van der Waals surface area (Å²) in [5.41, 5.74) is 1.77. The van der Waals surface area contributed by atoms with Gasteiger partial charge in [0, 0.05) is 12.0 Å². The molecule has 0 unspecified atom stereocenters. The molecule has 2 aliphatic carbocycles. The van der Waals surface area contributed by atoms with E-state index in [9.17, 15) is 4.79 Å². The summed E-state index contributed by atoms with van der Waals surface area (Å²) >= 11 is 0. The van der Waals surface area contributed by atoms with Crippen LogP contribution in [0.2, 0.25) is 0 Å². The van der Waals surface area contributed by atoms with Crippen molar-refractivity contribution < 1.29 is 14.3 Å². The summed E-state index contributed by atoms with van der Waals surface area (Å²) in [7, 11) is 0. The third-order valence-corrected chi connectivity index (χ3v) is 7.55. The monoisotopic (exact) mass is 318 g/mol. The summed E-state index contributed by atoms with van der Waals surface area (Å²) in [5.74, 6) is 1.23. The van der Waals surface area contributed by atoms with Gasteiger partial charge in [-0.1, -0.05) is 33.3 Å². The first kappa shape index (κ1) is 15.7. The van der Waals surface area contributed by atoms with Gasteiger partial charge in [0.25, 0.3) is 0 Å². The van der Waals surface area contributed by atoms with Crippen molar-refractivity contribution in [3.8, 4) is 0 Å². The van der Waals surface area contributed by atoms with Gasteiger partial charge < -0.3 is 9.47 Å². The Balaban J connectivity index is 1.63. The van der Waals surface area contributed by atoms with Crippen molar-refractivity contribution in [3.63, 3.8) is 0 Å². The molecule has 1 spiro atoms. The van der Waals surface area contributed by atoms with Gasteiger partial charge in [0.05, 0.1) is 18.8 Å². The molecule has 128 valence electrons. The van der Waals surface area contributed by atoms with Crippen LogP contribution < -0.4 is 0 Å². The van der Waals surface area contributed by atoms with E-state index >= 15 is 0 Å². The maximum Gasteiger partial charge on any atom is 0.333 e. The lowest BCUT2D eigenvalue weighted by atomic mass is 9.46. The fourth-order valence-electron chi connectivity index (χ4n) is 6.28. The normalized spacial score (nSPS) is 46.7. The lowest BCUT2D eigenvalue weighted by molar-refractivity contribution is -0.135. The molecule has 3 heteroatoms. The number of carbonyl (C=O) groups excluding carboxylic acids is 1. The zero-order chi connectivity index (χ0) is 16.3. The number of rotatable bonds is 2. The van der Waals surface area contributed by atoms with E-state index in [0.717, 1.165) is 30.9 Å². The van der Waals surface area contributed by atoms with E-state index in [4.69, 9.17) is 9.47 Å². The highest BCUT2D eigenvalue weighted by molar-refractivity contribution is 5.90. The predicted molar refractivity (Wildman–Crippen MR) is 88.9 cm³/mol. The smallest absolute Gasteiger partial charge is 0.333 e. The molecule has 4 fully saturated rings. The van der Waals surface area contributed by atoms with E-state index in [1.807, 2.05) is 0 Å². The van der Waals surface area contributed by atoms with Crippen molar-refractivity contribution in [2.45, 2.75) is 71.3 Å². The maximum absolute atomic E-state index is 11.8. The minimum atomic E-state index is -0.0998. The standard InChI is InChI=1S/C20H30O3/c1-18(2)9-4-10-19(3)15(18)7-11-20(13-23-20)16(19)6-5-14-8-12-22-17(14)21/h5,15-16H,4,6-13H2,1-3H3/b14-5+/t15-,16+,19-,20+/m1/s1. The molecule has 0 bridgehead atoms. The number of hydrogen-bond acceptors (Lipinski definition) is 3. The first-order valence-corrected chi connectivity index (χ1v) is 9.38. The van der Waals surface area contributed by atoms with Crippen LogP contribution in [-0.2, 0) is 14.3 Å². The second kappa shape index (κ2) is 5.08. The van der Waals surface area contributed by atoms with Gasteiger partial charge in [-0.3, -0.25) is 0 Å². The lowest BCUT2D eigenvalue weighted by Crippen LogP contribution is -2.54. The van der Waals surface area contributed by atoms with Crippen molar-refractivity contribution in [2.75, 3.05) is 13.2 Å². The Kier molecular flexibility index (Phi) is 3.46. The fraction of sp³-hybridized carbons (Fsp3) is 0.850. The number of epoxide rings is 1. The number of fused-ring (bicyclic) bond motifs is 1. The highest BCUT2D eigenvalue weighted by Gasteiger charge is 2.64. The quantitative estimate of drug-likeness (QED) is 0.434. The van der Waals surface area contributed by atoms with Crippen LogP contribution in [0.5, 0.6) is 0 Å². The van der Waals surface area contributed by atoms with Crippen LogP contribution in [0.3, 0.4) is 0 Å². The van der Waals surface area contributed by atoms with Crippen LogP contribution in [0.25, 0.3) is 0 Å². The average Bonchev–Trinajstić information content (AvgIpc) is 3.12. The van der Waals surface area contributed by atoms with Crippen LogP contribution in [0.15, 0.2) is 11.6 Å². The van der Waals surface area contributed by atoms with Gasteiger partial charge in [0.2, 0.25) is 0 Å². The molecule has 2 aliphatic heterocycles. The number of carbonyl (C=O) groups is 1. The van der Waals surface area contributed by atoms with Crippen LogP contribution in [0.1, 0.15) is 65.7 Å². The van der Waals surface area contributed by atoms with Crippen LogP contribution in [0.4, 0.5) is 0 Å². The van der Waals surface area contributed by atoms with Gasteiger partial charge >= 0.3 is 5.97 Å². The van der Waals surface area contributed by atoms with Gasteiger partial charge in [0.1, 0.15) is 0 Å². The van der Waals surface area contributed by atoms with Crippen LogP contribution in [-0.4, -0.2) is 24.8 Å². The highest BCUT2D eigenvalue weighted by Crippen LogP contribution is 2.66. The van der Waals surface area contributed by atoms with E-state index in [-0.39, 0.29) is 11.6 Å². The number of hydrogen-bond donors (Lipinski definition) is 0. The molecule has 0 aromatic rings. The number of ether oxygens (including phenoxy) is 2. The zero-order valence-electron chi connectivity index (χ0n) is 14.8. The van der Waals surface area contributed by atoms with Crippen molar-refractivity contribution in [2.24, 2.45) is 22.7 Å². The van der Waals surface area contributed by atoms with Gasteiger partial charge in [-0.05, 0) is 54.8 Å². The van der Waals surface area contributed by atoms with Crippen LogP contribution in [0, 0.1) is 22.7 Å². The minimum absolute atomic E-state index is 0.0998. The summed E-state index contributed by atoms with van der Waals surface area (Å²) in [6.45, 7) is 8.92. The molecule has 0 aromatic heterocycles. The Morgan fingerprint density at radius 3 is 2.65 bits per heavy atom. The molecule has 0 N–H and O–H groups in total. The Bertz CT molecular complexity index is 543. The molecule has 2 saturated carbocycles. The summed E-state index contributed by atoms with van der Waals surface area (Å²) in [5, 5.41) is 0. The van der Waals surface area contributed by atoms with Crippen molar-refractivity contribution in [1.29, 1.82) is 0 Å². The molecule has 2 heterocycles. The molecule has 0 aromatic carbocycles. The van der Waals surface area contributed by atoms with E-state index in [2.05, 4.69) is 26.8 Å². The van der Waals surface area contributed by atoms with Crippen molar-refractivity contribution >= 4 is 5.97 Å². The molecule has 4 atom stereocenters. The van der Waals surface area contributed by atoms with E-state index in [0.29, 0.717) is 23.4 Å². The molecule has 0 radical (unpaired) electrons. The van der Waals surface area contributed by atoms with E-state index < -0.39 is 0 Å². The highest BCUT2D eigenvalue weighted by atomic mass is 16.6. The van der Waals surface area contributed by atoms with E-state index in [1.165, 1.54) is 32.1 Å². The van der Waals surface area contributed by atoms with E-state index in [1.54, 1.807) is 0 Å². The molecular formula is C20H30O3. The number of allylic oxidation sites excluding steroid dienone is 1. The Morgan fingerprint density at radius 1 is 1.22 bits per heavy atom. The lowest BCUT2D eigenvalue weighted by Gasteiger charge is -2.59. The Morgan fingerprint density at radius 2 is 2.00 bits per heavy atom. The molecular weight excluding hydrogens is 288 g/mol. The molecule has 23 heavy (non-hydrogen) atoms. The second-order valence-electron chi connectivity index (χ2n) is 9.20. The molecule has 2 saturated heterocycles. The minimum Gasteiger partial charge on any atom is -0.462 e. The predicted octanol–water partition coefficient (Wildman–Crippen LogP) is 4.26. The average molecular weight is 318 g/mol. The fourth-order valence-corrected chi connectivity index (χ4v) is 6.28. The van der Waals surface area contributed by atoms with Gasteiger partial charge in [0.15, 0.2) is 0 Å². The van der Waals surface area contributed by atoms with Gasteiger partial charge in [-0.15, -0.1) is 0 Å². The Hall–Kier alpha value is -0.830. The van der Waals surface area contributed by atoms with Crippen molar-refractivity contribution in [3.05, 3.63) is 11.6 Å². The number of esters is 1. The van der Waals surface area contributed by atoms with Crippen molar-refractivity contribution in [1.82, 2.24) is 0 Å². The van der Waals surface area contributed by atoms with Gasteiger partial charge in [-0.2, -0.15) is 0 Å². The SMILES string of the molecule is CC1(C)CCC[C@]2(C)[C@@H]1CC[C@]1(CO1)[C@H]2C/C=C1\CCOC1=O. The second-order valence-corrected chi connectivity index (χ2v) is 9.20. The third kappa shape index (κ3) is 2.38. The molecule has 0 amide bonds.